The highest BCUT2D eigenvalue weighted by Crippen LogP contribution is 2.38. The molecule has 3 rings (SSSR count). The first-order valence-electron chi connectivity index (χ1n) is 9.57. The minimum atomic E-state index is -0.321. The topological polar surface area (TPSA) is 32.8 Å². The van der Waals surface area contributed by atoms with Crippen LogP contribution in [0, 0.1) is 0 Å². The zero-order valence-corrected chi connectivity index (χ0v) is 16.2. The summed E-state index contributed by atoms with van der Waals surface area (Å²) in [6.07, 6.45) is -0.321. The third-order valence-corrected chi connectivity index (χ3v) is 5.19. The van der Waals surface area contributed by atoms with Crippen molar-refractivity contribution in [2.45, 2.75) is 33.8 Å². The normalized spacial score (nSPS) is 15.5. The highest BCUT2D eigenvalue weighted by molar-refractivity contribution is 5.95. The monoisotopic (exact) mass is 352 g/mol. The Morgan fingerprint density at radius 3 is 2.08 bits per heavy atom. The van der Waals surface area contributed by atoms with Gasteiger partial charge in [-0.25, -0.2) is 4.79 Å². The average molecular weight is 352 g/mol. The minimum Gasteiger partial charge on any atom is -0.449 e. The van der Waals surface area contributed by atoms with Gasteiger partial charge in [0.25, 0.3) is 0 Å². The Morgan fingerprint density at radius 1 is 0.846 bits per heavy atom. The van der Waals surface area contributed by atoms with Gasteiger partial charge in [-0.2, -0.15) is 0 Å². The molecule has 0 amide bonds. The van der Waals surface area contributed by atoms with Crippen molar-refractivity contribution < 1.29 is 9.53 Å². The third-order valence-electron chi connectivity index (χ3n) is 5.19. The van der Waals surface area contributed by atoms with Crippen LogP contribution in [0.15, 0.2) is 42.5 Å². The first-order chi connectivity index (χ1) is 12.6. The Bertz CT molecular complexity index is 779. The summed E-state index contributed by atoms with van der Waals surface area (Å²) in [5.74, 6) is -0.229. The summed E-state index contributed by atoms with van der Waals surface area (Å²) in [5.41, 5.74) is 4.91. The predicted molar refractivity (Wildman–Crippen MR) is 107 cm³/mol. The lowest BCUT2D eigenvalue weighted by Crippen LogP contribution is -2.22. The van der Waals surface area contributed by atoms with Gasteiger partial charge in [0.1, 0.15) is 0 Å². The quantitative estimate of drug-likeness (QED) is 0.680. The average Bonchev–Trinajstić information content (AvgIpc) is 3.00. The molecular formula is C22H28N2O2. The second-order valence-electron chi connectivity index (χ2n) is 6.50. The zero-order chi connectivity index (χ0) is 18.7. The van der Waals surface area contributed by atoms with Crippen LogP contribution in [0.25, 0.3) is 0 Å². The van der Waals surface area contributed by atoms with E-state index in [1.54, 1.807) is 0 Å². The van der Waals surface area contributed by atoms with Gasteiger partial charge in [0.2, 0.25) is 0 Å². The lowest BCUT2D eigenvalue weighted by atomic mass is 9.98. The number of nitrogens with zero attached hydrogens (tertiary/aromatic N) is 2. The molecule has 1 aliphatic rings. The molecule has 2 aromatic carbocycles. The van der Waals surface area contributed by atoms with Crippen LogP contribution in [0.4, 0.5) is 11.4 Å². The fourth-order valence-corrected chi connectivity index (χ4v) is 3.69. The van der Waals surface area contributed by atoms with Crippen LogP contribution in [0.2, 0.25) is 0 Å². The Morgan fingerprint density at radius 2 is 1.46 bits per heavy atom. The third kappa shape index (κ3) is 3.28. The molecule has 0 spiro atoms. The molecule has 0 fully saturated rings. The molecule has 0 bridgehead atoms. The van der Waals surface area contributed by atoms with Crippen LogP contribution < -0.4 is 9.80 Å². The van der Waals surface area contributed by atoms with E-state index in [9.17, 15) is 4.79 Å². The number of carbonyl (C=O) groups excluding carboxylic acids is 1. The fraction of sp³-hybridized carbons (Fsp3) is 0.409. The van der Waals surface area contributed by atoms with Gasteiger partial charge >= 0.3 is 5.97 Å². The molecule has 0 saturated carbocycles. The number of ether oxygens (including phenoxy) is 1. The molecule has 4 nitrogen and oxygen atoms in total. The van der Waals surface area contributed by atoms with E-state index in [1.165, 1.54) is 0 Å². The van der Waals surface area contributed by atoms with E-state index in [4.69, 9.17) is 4.74 Å². The molecule has 1 atom stereocenters. The van der Waals surface area contributed by atoms with Gasteiger partial charge in [-0.1, -0.05) is 18.2 Å². The molecule has 2 aromatic rings. The first kappa shape index (κ1) is 18.3. The number of esters is 1. The smallest absolute Gasteiger partial charge is 0.339 e. The van der Waals surface area contributed by atoms with E-state index in [0.29, 0.717) is 5.56 Å². The van der Waals surface area contributed by atoms with Gasteiger partial charge in [0.05, 0.1) is 5.56 Å². The SMILES string of the molecule is CCN(CC)c1cccc(C2OC(=O)c3cc(N(CC)CC)ccc32)c1. The van der Waals surface area contributed by atoms with E-state index in [1.807, 2.05) is 24.3 Å². The largest absolute Gasteiger partial charge is 0.449 e. The summed E-state index contributed by atoms with van der Waals surface area (Å²) >= 11 is 0. The zero-order valence-electron chi connectivity index (χ0n) is 16.2. The molecule has 0 saturated heterocycles. The van der Waals surface area contributed by atoms with Crippen LogP contribution >= 0.6 is 0 Å². The fourth-order valence-electron chi connectivity index (χ4n) is 3.69. The van der Waals surface area contributed by atoms with Gasteiger partial charge in [0.15, 0.2) is 6.10 Å². The number of cyclic esters (lactones) is 1. The van der Waals surface area contributed by atoms with Gasteiger partial charge in [-0.15, -0.1) is 0 Å². The molecule has 0 aliphatic carbocycles. The molecule has 1 heterocycles. The van der Waals surface area contributed by atoms with Crippen molar-refractivity contribution >= 4 is 17.3 Å². The van der Waals surface area contributed by atoms with Crippen molar-refractivity contribution in [2.24, 2.45) is 0 Å². The van der Waals surface area contributed by atoms with E-state index in [-0.39, 0.29) is 12.1 Å². The number of hydrogen-bond acceptors (Lipinski definition) is 4. The molecule has 1 aliphatic heterocycles. The molecule has 0 N–H and O–H groups in total. The van der Waals surface area contributed by atoms with Gasteiger partial charge in [-0.05, 0) is 57.5 Å². The molecule has 138 valence electrons. The van der Waals surface area contributed by atoms with Crippen LogP contribution in [0.5, 0.6) is 0 Å². The number of benzene rings is 2. The van der Waals surface area contributed by atoms with Crippen molar-refractivity contribution in [2.75, 3.05) is 36.0 Å². The van der Waals surface area contributed by atoms with E-state index < -0.39 is 0 Å². The summed E-state index contributed by atoms with van der Waals surface area (Å²) in [6.45, 7) is 12.3. The summed E-state index contributed by atoms with van der Waals surface area (Å²) in [5, 5.41) is 0. The second kappa shape index (κ2) is 7.81. The van der Waals surface area contributed by atoms with Crippen molar-refractivity contribution in [3.8, 4) is 0 Å². The predicted octanol–water partition coefficient (Wildman–Crippen LogP) is 4.64. The summed E-state index contributed by atoms with van der Waals surface area (Å²) < 4.78 is 5.75. The molecular weight excluding hydrogens is 324 g/mol. The minimum absolute atomic E-state index is 0.229. The van der Waals surface area contributed by atoms with Gasteiger partial charge < -0.3 is 14.5 Å². The lowest BCUT2D eigenvalue weighted by Gasteiger charge is -2.23. The maximum atomic E-state index is 12.5. The van der Waals surface area contributed by atoms with Crippen LogP contribution in [-0.2, 0) is 4.74 Å². The standard InChI is InChI=1S/C22H28N2O2/c1-5-23(6-2)17-11-9-10-16(14-17)21-19-13-12-18(24(7-3)8-4)15-20(19)22(25)26-21/h9-15,21H,5-8H2,1-4H3. The molecule has 0 aromatic heterocycles. The van der Waals surface area contributed by atoms with Crippen molar-refractivity contribution in [1.29, 1.82) is 0 Å². The maximum Gasteiger partial charge on any atom is 0.339 e. The number of anilines is 2. The van der Waals surface area contributed by atoms with Gasteiger partial charge in [0, 0.05) is 43.1 Å². The number of fused-ring (bicyclic) bond motifs is 1. The van der Waals surface area contributed by atoms with Crippen LogP contribution in [0.3, 0.4) is 0 Å². The lowest BCUT2D eigenvalue weighted by molar-refractivity contribution is 0.0456. The molecule has 4 heteroatoms. The molecule has 26 heavy (non-hydrogen) atoms. The maximum absolute atomic E-state index is 12.5. The first-order valence-corrected chi connectivity index (χ1v) is 9.57. The number of carbonyl (C=O) groups is 1. The van der Waals surface area contributed by atoms with Crippen molar-refractivity contribution in [3.63, 3.8) is 0 Å². The second-order valence-corrected chi connectivity index (χ2v) is 6.50. The Kier molecular flexibility index (Phi) is 5.50. The molecule has 0 radical (unpaired) electrons. The number of rotatable bonds is 7. The summed E-state index contributed by atoms with van der Waals surface area (Å²) in [6, 6.07) is 14.4. The number of hydrogen-bond donors (Lipinski definition) is 0. The summed E-state index contributed by atoms with van der Waals surface area (Å²) in [4.78, 5) is 17.0. The van der Waals surface area contributed by atoms with Crippen LogP contribution in [-0.4, -0.2) is 32.1 Å². The van der Waals surface area contributed by atoms with Crippen LogP contribution in [0.1, 0.15) is 55.3 Å². The Labute approximate surface area is 156 Å². The highest BCUT2D eigenvalue weighted by Gasteiger charge is 2.33. The van der Waals surface area contributed by atoms with Gasteiger partial charge in [-0.3, -0.25) is 0 Å². The summed E-state index contributed by atoms with van der Waals surface area (Å²) in [7, 11) is 0. The molecule has 1 unspecified atom stereocenters. The van der Waals surface area contributed by atoms with E-state index in [2.05, 4.69) is 55.7 Å². The Hall–Kier alpha value is -2.49. The van der Waals surface area contributed by atoms with E-state index >= 15 is 0 Å². The Balaban J connectivity index is 1.96. The van der Waals surface area contributed by atoms with E-state index in [0.717, 1.165) is 48.7 Å². The highest BCUT2D eigenvalue weighted by atomic mass is 16.5. The van der Waals surface area contributed by atoms with Crippen molar-refractivity contribution in [3.05, 3.63) is 59.2 Å². The van der Waals surface area contributed by atoms with Crippen molar-refractivity contribution in [1.82, 2.24) is 0 Å².